The van der Waals surface area contributed by atoms with E-state index in [1.807, 2.05) is 30.3 Å². The molecule has 0 amide bonds. The number of carbonyl (C=O) groups is 1. The lowest BCUT2D eigenvalue weighted by molar-refractivity contribution is -0.135. The summed E-state index contributed by atoms with van der Waals surface area (Å²) in [7, 11) is 0. The van der Waals surface area contributed by atoms with Gasteiger partial charge in [-0.3, -0.25) is 0 Å². The summed E-state index contributed by atoms with van der Waals surface area (Å²) in [5.41, 5.74) is 1.09. The maximum absolute atomic E-state index is 11.2. The van der Waals surface area contributed by atoms with E-state index < -0.39 is 10.8 Å². The Morgan fingerprint density at radius 3 is 2.65 bits per heavy atom. The van der Waals surface area contributed by atoms with Gasteiger partial charge in [0.2, 0.25) is 0 Å². The van der Waals surface area contributed by atoms with Gasteiger partial charge in [0.25, 0.3) is 0 Å². The van der Waals surface area contributed by atoms with Crippen LogP contribution in [0.2, 0.25) is 0 Å². The van der Waals surface area contributed by atoms with Crippen molar-refractivity contribution in [2.24, 2.45) is 0 Å². The van der Waals surface area contributed by atoms with Crippen LogP contribution < -0.4 is 0 Å². The molecule has 0 bridgehead atoms. The molecule has 0 radical (unpaired) electrons. The van der Waals surface area contributed by atoms with Gasteiger partial charge in [0.05, 0.1) is 6.61 Å². The zero-order valence-electron chi connectivity index (χ0n) is 9.49. The molecule has 0 N–H and O–H groups in total. The van der Waals surface area contributed by atoms with Crippen molar-refractivity contribution in [1.29, 1.82) is 0 Å². The Morgan fingerprint density at radius 1 is 1.41 bits per heavy atom. The van der Waals surface area contributed by atoms with Gasteiger partial charge in [0.1, 0.15) is 4.87 Å². The van der Waals surface area contributed by atoms with Gasteiger partial charge < -0.3 is 8.57 Å². The van der Waals surface area contributed by atoms with Gasteiger partial charge in [-0.25, -0.2) is 4.79 Å². The number of rotatable bonds is 6. The molecule has 0 saturated carbocycles. The van der Waals surface area contributed by atoms with Crippen LogP contribution in [0.15, 0.2) is 30.3 Å². The predicted molar refractivity (Wildman–Crippen MR) is 70.0 cm³/mol. The molecule has 94 valence electrons. The van der Waals surface area contributed by atoms with Crippen LogP contribution in [0.25, 0.3) is 0 Å². The molecule has 3 nitrogen and oxygen atoms in total. The van der Waals surface area contributed by atoms with Gasteiger partial charge in [-0.2, -0.15) is 0 Å². The molecule has 0 heterocycles. The van der Waals surface area contributed by atoms with Crippen molar-refractivity contribution >= 4 is 33.8 Å². The summed E-state index contributed by atoms with van der Waals surface area (Å²) in [6.45, 7) is 2.51. The van der Waals surface area contributed by atoms with Crippen LogP contribution in [-0.2, 0) is 20.0 Å². The highest BCUT2D eigenvalue weighted by atomic mass is 79.9. The molecule has 1 unspecified atom stereocenters. The SMILES string of the molecule is CC(Cl)(CCOCc1ccccc1)C(=O)OBr. The van der Waals surface area contributed by atoms with Gasteiger partial charge in [-0.05, 0) is 12.5 Å². The first-order valence-corrected chi connectivity index (χ1v) is 6.22. The highest BCUT2D eigenvalue weighted by Crippen LogP contribution is 2.22. The summed E-state index contributed by atoms with van der Waals surface area (Å²) >= 11 is 8.61. The Balaban J connectivity index is 2.27. The lowest BCUT2D eigenvalue weighted by atomic mass is 10.1. The van der Waals surface area contributed by atoms with Crippen molar-refractivity contribution < 1.29 is 13.4 Å². The minimum absolute atomic E-state index is 0.395. The van der Waals surface area contributed by atoms with E-state index in [0.29, 0.717) is 19.6 Å². The van der Waals surface area contributed by atoms with Gasteiger partial charge in [-0.1, -0.05) is 30.3 Å². The molecule has 1 aromatic carbocycles. The molecule has 0 spiro atoms. The summed E-state index contributed by atoms with van der Waals surface area (Å²) in [6, 6.07) is 9.81. The third-order valence-corrected chi connectivity index (χ3v) is 2.96. The monoisotopic (exact) mass is 320 g/mol. The standard InChI is InChI=1S/C12H14BrClO3/c1-12(14,11(15)17-13)7-8-16-9-10-5-3-2-4-6-10/h2-6H,7-9H2,1H3. The topological polar surface area (TPSA) is 35.5 Å². The smallest absolute Gasteiger partial charge is 0.338 e. The van der Waals surface area contributed by atoms with E-state index in [0.717, 1.165) is 5.56 Å². The Hall–Kier alpha value is -0.580. The summed E-state index contributed by atoms with van der Waals surface area (Å²) < 4.78 is 9.86. The Morgan fingerprint density at radius 2 is 2.06 bits per heavy atom. The molecule has 0 aliphatic rings. The molecule has 0 aromatic heterocycles. The second-order valence-electron chi connectivity index (χ2n) is 3.85. The summed E-state index contributed by atoms with van der Waals surface area (Å²) in [4.78, 5) is 10.2. The van der Waals surface area contributed by atoms with Crippen molar-refractivity contribution in [3.05, 3.63) is 35.9 Å². The third kappa shape index (κ3) is 5.06. The molecule has 0 fully saturated rings. The molecule has 1 aromatic rings. The van der Waals surface area contributed by atoms with Crippen LogP contribution in [0.5, 0.6) is 0 Å². The quantitative estimate of drug-likeness (QED) is 0.595. The Labute approximate surface area is 115 Å². The van der Waals surface area contributed by atoms with Gasteiger partial charge in [-0.15, -0.1) is 11.6 Å². The zero-order valence-corrected chi connectivity index (χ0v) is 11.8. The first-order valence-electron chi connectivity index (χ1n) is 5.20. The number of ether oxygens (including phenoxy) is 1. The van der Waals surface area contributed by atoms with Crippen LogP contribution >= 0.6 is 27.9 Å². The van der Waals surface area contributed by atoms with Crippen molar-refractivity contribution in [2.75, 3.05) is 6.61 Å². The van der Waals surface area contributed by atoms with E-state index in [9.17, 15) is 4.79 Å². The predicted octanol–water partition coefficient (Wildman–Crippen LogP) is 3.44. The average Bonchev–Trinajstić information content (AvgIpc) is 2.35. The normalized spacial score (nSPS) is 14.1. The molecule has 1 atom stereocenters. The number of carbonyl (C=O) groups excluding carboxylic acids is 1. The van der Waals surface area contributed by atoms with Crippen LogP contribution in [0, 0.1) is 0 Å². The van der Waals surface area contributed by atoms with E-state index in [1.54, 1.807) is 6.92 Å². The van der Waals surface area contributed by atoms with E-state index in [2.05, 4.69) is 20.1 Å². The first kappa shape index (κ1) is 14.5. The van der Waals surface area contributed by atoms with Gasteiger partial charge in [0.15, 0.2) is 16.3 Å². The summed E-state index contributed by atoms with van der Waals surface area (Å²) in [5, 5.41) is 0. The molecule has 0 aliphatic carbocycles. The summed E-state index contributed by atoms with van der Waals surface area (Å²) in [6.07, 6.45) is 0.395. The fourth-order valence-electron chi connectivity index (χ4n) is 1.21. The molecule has 5 heteroatoms. The molecule has 0 saturated heterocycles. The molecular formula is C12H14BrClO3. The second-order valence-corrected chi connectivity index (χ2v) is 5.01. The Kier molecular flexibility index (Phi) is 5.95. The van der Waals surface area contributed by atoms with Crippen LogP contribution in [0.3, 0.4) is 0 Å². The number of hydrogen-bond acceptors (Lipinski definition) is 3. The maximum atomic E-state index is 11.2. The summed E-state index contributed by atoms with van der Waals surface area (Å²) in [5.74, 6) is -0.512. The highest BCUT2D eigenvalue weighted by molar-refractivity contribution is 9.06. The van der Waals surface area contributed by atoms with E-state index >= 15 is 0 Å². The van der Waals surface area contributed by atoms with Crippen LogP contribution in [0.4, 0.5) is 0 Å². The first-order chi connectivity index (χ1) is 8.06. The van der Waals surface area contributed by atoms with Gasteiger partial charge in [0, 0.05) is 13.0 Å². The lowest BCUT2D eigenvalue weighted by Gasteiger charge is -2.17. The van der Waals surface area contributed by atoms with Crippen LogP contribution in [-0.4, -0.2) is 17.5 Å². The maximum Gasteiger partial charge on any atom is 0.338 e. The molecular weight excluding hydrogens is 307 g/mol. The minimum atomic E-state index is -1.06. The fourth-order valence-corrected chi connectivity index (χ4v) is 1.78. The fraction of sp³-hybridized carbons (Fsp3) is 0.417. The number of benzene rings is 1. The van der Waals surface area contributed by atoms with Crippen molar-refractivity contribution in [1.82, 2.24) is 0 Å². The van der Waals surface area contributed by atoms with Crippen molar-refractivity contribution in [3.8, 4) is 0 Å². The number of hydrogen-bond donors (Lipinski definition) is 0. The Bertz CT molecular complexity index is 354. The van der Waals surface area contributed by atoms with Crippen molar-refractivity contribution in [3.63, 3.8) is 0 Å². The average molecular weight is 322 g/mol. The largest absolute Gasteiger partial charge is 0.382 e. The van der Waals surface area contributed by atoms with E-state index in [-0.39, 0.29) is 0 Å². The third-order valence-electron chi connectivity index (χ3n) is 2.32. The minimum Gasteiger partial charge on any atom is -0.382 e. The lowest BCUT2D eigenvalue weighted by Crippen LogP contribution is -2.30. The highest BCUT2D eigenvalue weighted by Gasteiger charge is 2.31. The second kappa shape index (κ2) is 6.99. The van der Waals surface area contributed by atoms with E-state index in [4.69, 9.17) is 16.3 Å². The molecule has 0 aliphatic heterocycles. The van der Waals surface area contributed by atoms with Gasteiger partial charge >= 0.3 is 5.97 Å². The zero-order chi connectivity index (χ0) is 12.7. The van der Waals surface area contributed by atoms with Crippen LogP contribution in [0.1, 0.15) is 18.9 Å². The number of alkyl halides is 1. The molecule has 17 heavy (non-hydrogen) atoms. The number of halogens is 2. The van der Waals surface area contributed by atoms with E-state index in [1.165, 1.54) is 0 Å². The van der Waals surface area contributed by atoms with Crippen molar-refractivity contribution in [2.45, 2.75) is 24.8 Å². The molecule has 1 rings (SSSR count).